The zero-order chi connectivity index (χ0) is 14.0. The van der Waals surface area contributed by atoms with Crippen LogP contribution in [-0.4, -0.2) is 46.3 Å². The van der Waals surface area contributed by atoms with E-state index in [-0.39, 0.29) is 24.4 Å². The van der Waals surface area contributed by atoms with Crippen LogP contribution in [0.15, 0.2) is 0 Å². The minimum Gasteiger partial charge on any atom is -0.340 e. The molecular weight excluding hydrogens is 260 g/mol. The molecule has 1 N–H and O–H groups in total. The number of rotatable bonds is 3. The van der Waals surface area contributed by atoms with Gasteiger partial charge in [-0.25, -0.2) is 0 Å². The number of piperazine rings is 1. The summed E-state index contributed by atoms with van der Waals surface area (Å²) in [6.45, 7) is 4.03. The number of amides is 2. The largest absolute Gasteiger partial charge is 0.340 e. The van der Waals surface area contributed by atoms with Crippen LogP contribution in [0, 0.1) is 0 Å². The van der Waals surface area contributed by atoms with Crippen molar-refractivity contribution in [3.05, 3.63) is 0 Å². The molecule has 1 aliphatic carbocycles. The highest BCUT2D eigenvalue weighted by atomic mass is 32.2. The van der Waals surface area contributed by atoms with Crippen molar-refractivity contribution in [2.75, 3.05) is 12.8 Å². The third kappa shape index (κ3) is 2.91. The van der Waals surface area contributed by atoms with E-state index in [1.54, 1.807) is 0 Å². The summed E-state index contributed by atoms with van der Waals surface area (Å²) in [4.78, 5) is 26.3. The summed E-state index contributed by atoms with van der Waals surface area (Å²) in [7, 11) is 0. The van der Waals surface area contributed by atoms with E-state index in [1.807, 2.05) is 30.5 Å². The van der Waals surface area contributed by atoms with Gasteiger partial charge in [0.2, 0.25) is 11.8 Å². The van der Waals surface area contributed by atoms with Gasteiger partial charge < -0.3 is 10.2 Å². The van der Waals surface area contributed by atoms with Gasteiger partial charge >= 0.3 is 0 Å². The minimum atomic E-state index is -0.707. The smallest absolute Gasteiger partial charge is 0.248 e. The van der Waals surface area contributed by atoms with Crippen molar-refractivity contribution >= 4 is 23.6 Å². The Labute approximate surface area is 119 Å². The van der Waals surface area contributed by atoms with E-state index in [1.165, 1.54) is 6.42 Å². The van der Waals surface area contributed by atoms with Gasteiger partial charge in [0, 0.05) is 11.3 Å². The van der Waals surface area contributed by atoms with E-state index < -0.39 is 5.54 Å². The van der Waals surface area contributed by atoms with Crippen LogP contribution < -0.4 is 5.32 Å². The van der Waals surface area contributed by atoms with Crippen LogP contribution in [0.25, 0.3) is 0 Å². The van der Waals surface area contributed by atoms with Crippen LogP contribution in [0.3, 0.4) is 0 Å². The molecule has 0 aromatic heterocycles. The van der Waals surface area contributed by atoms with Crippen molar-refractivity contribution in [3.8, 4) is 0 Å². The third-order valence-corrected chi connectivity index (χ3v) is 5.64. The summed E-state index contributed by atoms with van der Waals surface area (Å²) in [5, 5.41) is 3.48. The fourth-order valence-electron chi connectivity index (χ4n) is 3.10. The Balaban J connectivity index is 2.13. The fraction of sp³-hybridized carbons (Fsp3) is 0.857. The molecule has 2 amide bonds. The van der Waals surface area contributed by atoms with Crippen LogP contribution in [0.5, 0.6) is 0 Å². The first-order valence-corrected chi connectivity index (χ1v) is 8.44. The van der Waals surface area contributed by atoms with E-state index >= 15 is 0 Å². The maximum Gasteiger partial charge on any atom is 0.248 e. The summed E-state index contributed by atoms with van der Waals surface area (Å²) in [6, 6.07) is 0.246. The van der Waals surface area contributed by atoms with E-state index in [0.29, 0.717) is 11.7 Å². The van der Waals surface area contributed by atoms with E-state index in [0.717, 1.165) is 19.3 Å². The van der Waals surface area contributed by atoms with Crippen molar-refractivity contribution in [2.45, 2.75) is 62.8 Å². The molecule has 19 heavy (non-hydrogen) atoms. The molecule has 0 aromatic carbocycles. The Hall–Kier alpha value is -0.710. The molecule has 3 unspecified atom stereocenters. The van der Waals surface area contributed by atoms with Gasteiger partial charge in [-0.1, -0.05) is 13.3 Å². The molecule has 0 bridgehead atoms. The molecule has 0 spiro atoms. The lowest BCUT2D eigenvalue weighted by Gasteiger charge is -2.45. The first-order valence-electron chi connectivity index (χ1n) is 7.15. The van der Waals surface area contributed by atoms with Gasteiger partial charge in [0.05, 0.1) is 6.54 Å². The molecule has 108 valence electrons. The average Bonchev–Trinajstić information content (AvgIpc) is 2.43. The Morgan fingerprint density at radius 1 is 1.42 bits per heavy atom. The number of nitrogens with one attached hydrogen (secondary N) is 1. The third-order valence-electron chi connectivity index (χ3n) is 4.54. The van der Waals surface area contributed by atoms with Crippen LogP contribution >= 0.6 is 11.8 Å². The minimum absolute atomic E-state index is 0.0183. The molecule has 2 fully saturated rings. The van der Waals surface area contributed by atoms with Crippen molar-refractivity contribution in [1.29, 1.82) is 0 Å². The number of carbonyl (C=O) groups is 2. The first kappa shape index (κ1) is 14.7. The monoisotopic (exact) mass is 284 g/mol. The zero-order valence-corrected chi connectivity index (χ0v) is 12.9. The SMILES string of the molecule is CCC1(C)NC(=O)CN(C2CCCC(SC)C2)C1=O. The van der Waals surface area contributed by atoms with Crippen molar-refractivity contribution in [2.24, 2.45) is 0 Å². The molecule has 4 nitrogen and oxygen atoms in total. The number of thioether (sulfide) groups is 1. The van der Waals surface area contributed by atoms with Gasteiger partial charge in [0.1, 0.15) is 5.54 Å². The molecule has 3 atom stereocenters. The molecule has 1 aliphatic heterocycles. The average molecular weight is 284 g/mol. The summed E-state index contributed by atoms with van der Waals surface area (Å²) in [6.07, 6.45) is 7.23. The highest BCUT2D eigenvalue weighted by molar-refractivity contribution is 7.99. The van der Waals surface area contributed by atoms with Crippen LogP contribution in [0.1, 0.15) is 46.0 Å². The molecule has 1 heterocycles. The standard InChI is InChI=1S/C14H24N2O2S/c1-4-14(2)13(18)16(9-12(17)15-14)10-6-5-7-11(8-10)19-3/h10-11H,4-9H2,1-3H3,(H,15,17). The van der Waals surface area contributed by atoms with Gasteiger partial charge in [0.15, 0.2) is 0 Å². The van der Waals surface area contributed by atoms with Crippen LogP contribution in [0.4, 0.5) is 0 Å². The van der Waals surface area contributed by atoms with Gasteiger partial charge in [0.25, 0.3) is 0 Å². The number of hydrogen-bond acceptors (Lipinski definition) is 3. The van der Waals surface area contributed by atoms with Crippen molar-refractivity contribution < 1.29 is 9.59 Å². The summed E-state index contributed by atoms with van der Waals surface area (Å²) < 4.78 is 0. The first-order chi connectivity index (χ1) is 9.00. The lowest BCUT2D eigenvalue weighted by Crippen LogP contribution is -2.67. The lowest BCUT2D eigenvalue weighted by molar-refractivity contribution is -0.152. The summed E-state index contributed by atoms with van der Waals surface area (Å²) >= 11 is 1.88. The molecule has 0 aromatic rings. The maximum absolute atomic E-state index is 12.6. The normalized spacial score (nSPS) is 36.3. The molecule has 2 aliphatic rings. The van der Waals surface area contributed by atoms with Gasteiger partial charge in [-0.2, -0.15) is 11.8 Å². The fourth-order valence-corrected chi connectivity index (χ4v) is 3.91. The van der Waals surface area contributed by atoms with Crippen LogP contribution in [-0.2, 0) is 9.59 Å². The molecule has 1 saturated carbocycles. The molecule has 5 heteroatoms. The van der Waals surface area contributed by atoms with Gasteiger partial charge in [-0.3, -0.25) is 9.59 Å². The van der Waals surface area contributed by atoms with E-state index in [2.05, 4.69) is 11.6 Å². The van der Waals surface area contributed by atoms with Crippen molar-refractivity contribution in [1.82, 2.24) is 10.2 Å². The second kappa shape index (κ2) is 5.73. The Bertz CT molecular complexity index is 374. The van der Waals surface area contributed by atoms with E-state index in [4.69, 9.17) is 0 Å². The second-order valence-corrected chi connectivity index (χ2v) is 6.98. The number of carbonyl (C=O) groups excluding carboxylic acids is 2. The molecular formula is C14H24N2O2S. The Kier molecular flexibility index (Phi) is 4.43. The maximum atomic E-state index is 12.6. The summed E-state index contributed by atoms with van der Waals surface area (Å²) in [5.41, 5.74) is -0.707. The second-order valence-electron chi connectivity index (χ2n) is 5.85. The topological polar surface area (TPSA) is 49.4 Å². The number of nitrogens with zero attached hydrogens (tertiary/aromatic N) is 1. The Morgan fingerprint density at radius 2 is 2.16 bits per heavy atom. The quantitative estimate of drug-likeness (QED) is 0.859. The lowest BCUT2D eigenvalue weighted by atomic mass is 9.88. The zero-order valence-electron chi connectivity index (χ0n) is 12.1. The van der Waals surface area contributed by atoms with Crippen molar-refractivity contribution in [3.63, 3.8) is 0 Å². The predicted molar refractivity (Wildman–Crippen MR) is 78.1 cm³/mol. The highest BCUT2D eigenvalue weighted by Crippen LogP contribution is 2.32. The van der Waals surface area contributed by atoms with Gasteiger partial charge in [-0.05, 0) is 38.9 Å². The number of hydrogen-bond donors (Lipinski definition) is 1. The van der Waals surface area contributed by atoms with Crippen LogP contribution in [0.2, 0.25) is 0 Å². The highest BCUT2D eigenvalue weighted by Gasteiger charge is 2.44. The van der Waals surface area contributed by atoms with E-state index in [9.17, 15) is 9.59 Å². The Morgan fingerprint density at radius 3 is 2.79 bits per heavy atom. The molecule has 2 rings (SSSR count). The summed E-state index contributed by atoms with van der Waals surface area (Å²) in [5.74, 6) is 0.0802. The molecule has 0 radical (unpaired) electrons. The predicted octanol–water partition coefficient (Wildman–Crippen LogP) is 1.79. The molecule has 1 saturated heterocycles. The van der Waals surface area contributed by atoms with Gasteiger partial charge in [-0.15, -0.1) is 0 Å².